The van der Waals surface area contributed by atoms with Crippen LogP contribution in [-0.4, -0.2) is 50.9 Å². The number of carbonyl (C=O) groups excluding carboxylic acids is 1. The molecule has 12 heteroatoms. The Labute approximate surface area is 251 Å². The van der Waals surface area contributed by atoms with E-state index >= 15 is 0 Å². The summed E-state index contributed by atoms with van der Waals surface area (Å²) in [5.74, 6) is 1.81. The van der Waals surface area contributed by atoms with Crippen LogP contribution < -0.4 is 29.7 Å². The molecule has 1 heterocycles. The number of fused-ring (bicyclic) bond motifs is 1. The number of hydrogen-bond donors (Lipinski definition) is 3. The molecule has 2 amide bonds. The third-order valence-corrected chi connectivity index (χ3v) is 7.67. The van der Waals surface area contributed by atoms with Gasteiger partial charge < -0.3 is 25.0 Å². The normalized spacial score (nSPS) is 13.3. The molecule has 226 valence electrons. The topological polar surface area (TPSA) is 135 Å². The molecule has 0 saturated heterocycles. The highest BCUT2D eigenvalue weighted by Gasteiger charge is 2.28. The number of ether oxygens (including phenoxy) is 2. The van der Waals surface area contributed by atoms with Gasteiger partial charge in [0, 0.05) is 36.1 Å². The number of rotatable bonds is 9. The van der Waals surface area contributed by atoms with E-state index in [2.05, 4.69) is 30.2 Å². The third kappa shape index (κ3) is 7.08. The van der Waals surface area contributed by atoms with Crippen molar-refractivity contribution in [2.24, 2.45) is 0 Å². The molecule has 0 bridgehead atoms. The number of urea groups is 1. The Hall–Kier alpha value is -4.58. The number of anilines is 4. The first-order valence-electron chi connectivity index (χ1n) is 13.9. The fourth-order valence-corrected chi connectivity index (χ4v) is 5.24. The average molecular weight is 605 g/mol. The van der Waals surface area contributed by atoms with Gasteiger partial charge in [0.15, 0.2) is 5.75 Å². The van der Waals surface area contributed by atoms with Crippen molar-refractivity contribution < 1.29 is 22.7 Å². The summed E-state index contributed by atoms with van der Waals surface area (Å²) >= 11 is 0. The summed E-state index contributed by atoms with van der Waals surface area (Å²) in [6.45, 7) is 5.98. The highest BCUT2D eigenvalue weighted by molar-refractivity contribution is 7.92. The highest BCUT2D eigenvalue weighted by Crippen LogP contribution is 2.40. The monoisotopic (exact) mass is 604 g/mol. The van der Waals surface area contributed by atoms with Crippen LogP contribution in [0.1, 0.15) is 39.2 Å². The number of sulfonamides is 1. The zero-order valence-electron chi connectivity index (χ0n) is 25.1. The van der Waals surface area contributed by atoms with Crippen molar-refractivity contribution in [2.75, 3.05) is 40.7 Å². The lowest BCUT2D eigenvalue weighted by Gasteiger charge is -2.24. The number of nitrogens with one attached hydrogen (secondary N) is 3. The Morgan fingerprint density at radius 2 is 1.65 bits per heavy atom. The first-order chi connectivity index (χ1) is 20.3. The molecule has 1 aliphatic rings. The average Bonchev–Trinajstić information content (AvgIpc) is 3.78. The smallest absolute Gasteiger partial charge is 0.323 e. The Morgan fingerprint density at radius 1 is 0.977 bits per heavy atom. The maximum absolute atomic E-state index is 13.3. The van der Waals surface area contributed by atoms with Crippen molar-refractivity contribution in [1.82, 2.24) is 9.97 Å². The molecule has 1 fully saturated rings. The second kappa shape index (κ2) is 11.6. The van der Waals surface area contributed by atoms with Gasteiger partial charge in [-0.3, -0.25) is 4.72 Å². The molecule has 43 heavy (non-hydrogen) atoms. The molecule has 0 radical (unpaired) electrons. The standard InChI is InChI=1S/C31H36N6O5S/c1-31(2,3)19-17-24(28(41-5)25(18-19)36-43(6,39)40)34-30(38)33-23-13-14-26(22-10-8-7-9-21(22)23)42-27-15-16-32-29(35-27)37(4)20-11-12-20/h7-10,13-18,20,36H,11-12H2,1-6H3,(H2,33,34,38). The van der Waals surface area contributed by atoms with E-state index in [0.717, 1.165) is 35.4 Å². The maximum atomic E-state index is 13.3. The Kier molecular flexibility index (Phi) is 8.06. The first kappa shape index (κ1) is 29.9. The second-order valence-electron chi connectivity index (χ2n) is 11.6. The van der Waals surface area contributed by atoms with E-state index in [1.54, 1.807) is 36.5 Å². The van der Waals surface area contributed by atoms with E-state index in [-0.39, 0.29) is 16.9 Å². The lowest BCUT2D eigenvalue weighted by molar-refractivity contribution is 0.262. The van der Waals surface area contributed by atoms with Crippen LogP contribution >= 0.6 is 0 Å². The molecule has 5 rings (SSSR count). The van der Waals surface area contributed by atoms with Gasteiger partial charge >= 0.3 is 6.03 Å². The Bertz CT molecular complexity index is 1780. The Balaban J connectivity index is 1.42. The van der Waals surface area contributed by atoms with Crippen LogP contribution in [0.15, 0.2) is 60.8 Å². The molecule has 4 aromatic rings. The van der Waals surface area contributed by atoms with E-state index in [4.69, 9.17) is 9.47 Å². The quantitative estimate of drug-likeness (QED) is 0.201. The summed E-state index contributed by atoms with van der Waals surface area (Å²) in [7, 11) is -0.207. The van der Waals surface area contributed by atoms with Gasteiger partial charge in [0.2, 0.25) is 21.9 Å². The van der Waals surface area contributed by atoms with Gasteiger partial charge in [0.1, 0.15) is 5.75 Å². The fourth-order valence-electron chi connectivity index (χ4n) is 4.69. The number of amides is 2. The van der Waals surface area contributed by atoms with Gasteiger partial charge in [-0.1, -0.05) is 45.0 Å². The summed E-state index contributed by atoms with van der Waals surface area (Å²) in [6.07, 6.45) is 5.00. The summed E-state index contributed by atoms with van der Waals surface area (Å²) in [6, 6.07) is 16.2. The molecule has 1 aromatic heterocycles. The zero-order chi connectivity index (χ0) is 30.9. The number of benzene rings is 3. The lowest BCUT2D eigenvalue weighted by atomic mass is 9.86. The summed E-state index contributed by atoms with van der Waals surface area (Å²) in [4.78, 5) is 24.3. The molecule has 3 aromatic carbocycles. The van der Waals surface area contributed by atoms with Crippen molar-refractivity contribution >= 4 is 49.8 Å². The minimum Gasteiger partial charge on any atom is -0.492 e. The van der Waals surface area contributed by atoms with Crippen LogP contribution in [0.2, 0.25) is 0 Å². The van der Waals surface area contributed by atoms with Crippen LogP contribution in [0, 0.1) is 0 Å². The van der Waals surface area contributed by atoms with E-state index in [1.165, 1.54) is 7.11 Å². The number of aromatic nitrogens is 2. The van der Waals surface area contributed by atoms with Crippen LogP contribution in [-0.2, 0) is 15.4 Å². The van der Waals surface area contributed by atoms with Crippen molar-refractivity contribution in [2.45, 2.75) is 45.1 Å². The second-order valence-corrected chi connectivity index (χ2v) is 13.4. The van der Waals surface area contributed by atoms with E-state index in [9.17, 15) is 13.2 Å². The van der Waals surface area contributed by atoms with E-state index in [1.807, 2.05) is 52.1 Å². The third-order valence-electron chi connectivity index (χ3n) is 7.08. The zero-order valence-corrected chi connectivity index (χ0v) is 25.9. The van der Waals surface area contributed by atoms with Crippen LogP contribution in [0.5, 0.6) is 17.4 Å². The van der Waals surface area contributed by atoms with E-state index in [0.29, 0.717) is 35.0 Å². The first-order valence-corrected chi connectivity index (χ1v) is 15.8. The molecule has 3 N–H and O–H groups in total. The highest BCUT2D eigenvalue weighted by atomic mass is 32.2. The molecular formula is C31H36N6O5S. The summed E-state index contributed by atoms with van der Waals surface area (Å²) in [5, 5.41) is 7.29. The molecule has 1 aliphatic carbocycles. The van der Waals surface area contributed by atoms with Gasteiger partial charge in [-0.05, 0) is 48.1 Å². The molecule has 11 nitrogen and oxygen atoms in total. The van der Waals surface area contributed by atoms with Gasteiger partial charge in [-0.2, -0.15) is 4.98 Å². The van der Waals surface area contributed by atoms with Crippen LogP contribution in [0.25, 0.3) is 10.8 Å². The number of hydrogen-bond acceptors (Lipinski definition) is 8. The largest absolute Gasteiger partial charge is 0.492 e. The number of methoxy groups -OCH3 is 1. The molecule has 0 atom stereocenters. The SMILES string of the molecule is COc1c(NC(=O)Nc2ccc(Oc3ccnc(N(C)C4CC4)n3)c3ccccc23)cc(C(C)(C)C)cc1NS(C)(=O)=O. The molecule has 0 spiro atoms. The van der Waals surface area contributed by atoms with Crippen molar-refractivity contribution in [3.8, 4) is 17.4 Å². The maximum Gasteiger partial charge on any atom is 0.323 e. The van der Waals surface area contributed by atoms with Crippen molar-refractivity contribution in [1.29, 1.82) is 0 Å². The Morgan fingerprint density at radius 3 is 2.30 bits per heavy atom. The van der Waals surface area contributed by atoms with Gasteiger partial charge in [-0.15, -0.1) is 0 Å². The summed E-state index contributed by atoms with van der Waals surface area (Å²) < 4.78 is 38.3. The number of nitrogens with zero attached hydrogens (tertiary/aromatic N) is 3. The van der Waals surface area contributed by atoms with E-state index < -0.39 is 16.1 Å². The van der Waals surface area contributed by atoms with Crippen molar-refractivity contribution in [3.63, 3.8) is 0 Å². The minimum atomic E-state index is -3.61. The van der Waals surface area contributed by atoms with Gasteiger partial charge in [-0.25, -0.2) is 18.2 Å². The van der Waals surface area contributed by atoms with Crippen LogP contribution in [0.4, 0.5) is 27.8 Å². The van der Waals surface area contributed by atoms with Crippen LogP contribution in [0.3, 0.4) is 0 Å². The minimum absolute atomic E-state index is 0.193. The molecule has 0 aliphatic heterocycles. The molecule has 1 saturated carbocycles. The molecular weight excluding hydrogens is 568 g/mol. The number of carbonyl (C=O) groups is 1. The molecule has 0 unspecified atom stereocenters. The predicted octanol–water partition coefficient (Wildman–Crippen LogP) is 6.34. The van der Waals surface area contributed by atoms with Crippen molar-refractivity contribution in [3.05, 3.63) is 66.4 Å². The van der Waals surface area contributed by atoms with Gasteiger partial charge in [0.25, 0.3) is 0 Å². The van der Waals surface area contributed by atoms with Gasteiger partial charge in [0.05, 0.1) is 30.4 Å². The summed E-state index contributed by atoms with van der Waals surface area (Å²) in [5.41, 5.74) is 1.57. The fraction of sp³-hybridized carbons (Fsp3) is 0.323. The lowest BCUT2D eigenvalue weighted by Crippen LogP contribution is -2.22. The predicted molar refractivity (Wildman–Crippen MR) is 170 cm³/mol.